The Balaban J connectivity index is 0.000000133. The SMILES string of the molecule is COc1ccccc1-c1ccc(NC(=O)Cn2cnc3c2c(=O)n(C)c(=O)n3C)cc1.Cc1cccc(-c2ccc(NC(=O)Cn3cnc4c3c(=O)n(C)c(=O)n4C)cc2)c1.Cc1ccccc1-c1ccc(NC(=O)Cn2cnc3c2c(=O)n(C)c(=O)n3C)cc1.Cn1c(=O)c2c(ncn2CC(=O)Nc2ccc(-c3ccccn3)cc2)n(C)c1=O.Cn1c(=O)c2c(ncn2CC(=O)Nc2ccc(-c3cccnc3)cc2)n(C)c1=O. The number of rotatable bonds is 21. The molecule has 8 aromatic carbocycles. The molecule has 20 rings (SSSR count). The monoisotopic (exact) mass is 2010 g/mol. The number of aryl methyl sites for hydroxylation is 7. The van der Waals surface area contributed by atoms with Gasteiger partial charge in [-0.1, -0.05) is 145 Å². The van der Waals surface area contributed by atoms with E-state index < -0.39 is 56.2 Å². The van der Waals surface area contributed by atoms with Crippen molar-refractivity contribution in [3.05, 3.63) is 390 Å². The van der Waals surface area contributed by atoms with Gasteiger partial charge in [0.05, 0.1) is 44.4 Å². The normalized spacial score (nSPS) is 11.0. The molecule has 5 N–H and O–H groups in total. The van der Waals surface area contributed by atoms with Crippen molar-refractivity contribution in [3.63, 3.8) is 0 Å². The van der Waals surface area contributed by atoms with Crippen LogP contribution in [0.3, 0.4) is 0 Å². The minimum atomic E-state index is -0.496. The van der Waals surface area contributed by atoms with E-state index in [0.29, 0.717) is 28.4 Å². The van der Waals surface area contributed by atoms with E-state index in [9.17, 15) is 71.9 Å². The van der Waals surface area contributed by atoms with Crippen molar-refractivity contribution in [1.82, 2.24) is 103 Å². The number of amides is 5. The molecule has 0 bridgehead atoms. The van der Waals surface area contributed by atoms with Gasteiger partial charge in [-0.15, -0.1) is 0 Å². The van der Waals surface area contributed by atoms with Crippen molar-refractivity contribution in [2.75, 3.05) is 33.7 Å². The van der Waals surface area contributed by atoms with Crippen LogP contribution in [-0.2, 0) is 127 Å². The maximum absolute atomic E-state index is 12.6. The van der Waals surface area contributed by atoms with E-state index in [1.54, 1.807) is 62.1 Å². The highest BCUT2D eigenvalue weighted by Gasteiger charge is 2.24. The van der Waals surface area contributed by atoms with E-state index in [0.717, 1.165) is 84.4 Å². The number of methoxy groups -OCH3 is 1. The molecule has 0 atom stereocenters. The van der Waals surface area contributed by atoms with Crippen molar-refractivity contribution in [2.24, 2.45) is 70.5 Å². The number of anilines is 5. The molecule has 0 aliphatic carbocycles. The van der Waals surface area contributed by atoms with Crippen LogP contribution in [0, 0.1) is 13.8 Å². The molecule has 0 spiro atoms. The predicted octanol–water partition coefficient (Wildman–Crippen LogP) is 8.11. The fourth-order valence-electron chi connectivity index (χ4n) is 16.7. The molecule has 149 heavy (non-hydrogen) atoms. The Bertz CT molecular complexity index is 9050. The van der Waals surface area contributed by atoms with E-state index in [-0.39, 0.29) is 118 Å². The van der Waals surface area contributed by atoms with Crippen LogP contribution in [0.2, 0.25) is 0 Å². The Hall–Kier alpha value is -20.0. The van der Waals surface area contributed by atoms with Gasteiger partial charge in [-0.2, -0.15) is 0 Å². The van der Waals surface area contributed by atoms with Gasteiger partial charge < -0.3 is 54.2 Å². The zero-order valence-electron chi connectivity index (χ0n) is 82.9. The Morgan fingerprint density at radius 3 is 0.859 bits per heavy atom. The molecule has 0 saturated heterocycles. The first-order valence-electron chi connectivity index (χ1n) is 46.1. The zero-order valence-corrected chi connectivity index (χ0v) is 82.9. The lowest BCUT2D eigenvalue weighted by molar-refractivity contribution is -0.117. The van der Waals surface area contributed by atoms with Gasteiger partial charge in [-0.3, -0.25) is 104 Å². The van der Waals surface area contributed by atoms with Crippen molar-refractivity contribution < 1.29 is 28.7 Å². The number of carbonyl (C=O) groups is 5. The van der Waals surface area contributed by atoms with Crippen LogP contribution in [0.4, 0.5) is 28.4 Å². The summed E-state index contributed by atoms with van der Waals surface area (Å²) in [5.41, 5.74) is 13.1. The summed E-state index contributed by atoms with van der Waals surface area (Å²) >= 11 is 0. The number of para-hydroxylation sites is 1. The molecule has 0 saturated carbocycles. The van der Waals surface area contributed by atoms with Gasteiger partial charge in [0.25, 0.3) is 27.8 Å². The van der Waals surface area contributed by atoms with Crippen molar-refractivity contribution >= 4 is 114 Å². The molecule has 754 valence electrons. The fourth-order valence-corrected chi connectivity index (χ4v) is 16.7. The van der Waals surface area contributed by atoms with E-state index in [1.165, 1.54) is 159 Å². The van der Waals surface area contributed by atoms with Crippen LogP contribution in [0.1, 0.15) is 11.1 Å². The first-order chi connectivity index (χ1) is 71.5. The Labute approximate surface area is 843 Å². The molecule has 20 aromatic rings. The highest BCUT2D eigenvalue weighted by atomic mass is 16.5. The highest BCUT2D eigenvalue weighted by Crippen LogP contribution is 2.32. The summed E-state index contributed by atoms with van der Waals surface area (Å²) in [7, 11) is 16.3. The Morgan fingerprint density at radius 1 is 0.268 bits per heavy atom. The maximum atomic E-state index is 12.6. The van der Waals surface area contributed by atoms with Gasteiger partial charge in [0.15, 0.2) is 55.8 Å². The summed E-state index contributed by atoms with van der Waals surface area (Å²) in [6.45, 7) is 3.59. The van der Waals surface area contributed by atoms with Gasteiger partial charge in [-0.05, 0) is 143 Å². The average molecular weight is 2010 g/mol. The van der Waals surface area contributed by atoms with E-state index in [2.05, 4.69) is 86.6 Å². The molecular weight excluding hydrogens is 1910 g/mol. The van der Waals surface area contributed by atoms with Gasteiger partial charge in [-0.25, -0.2) is 48.9 Å². The summed E-state index contributed by atoms with van der Waals surface area (Å²) in [4.78, 5) is 214. The first-order valence-corrected chi connectivity index (χ1v) is 46.1. The van der Waals surface area contributed by atoms with E-state index in [1.807, 2.05) is 177 Å². The standard InChI is InChI=1S/C22H21N5O4.2C22H21N5O3.2C20H18N6O3/c1-25-20-19(21(29)26(2)22(25)30)27(13-23-20)12-18(28)24-15-10-8-14(9-11-15)16-6-4-5-7-17(16)31-3;1-14-5-4-6-16(11-14)15-7-9-17(10-8-15)24-18(28)12-27-13-23-20-19(27)21(29)26(3)22(30)25(20)2;1-14-6-4-5-7-17(14)15-8-10-16(11-9-15)24-18(28)12-27-13-23-20-19(27)21(29)26(3)22(30)25(20)2;1-24-18-17(19(28)25(2)20(24)29)26(12-22-18)11-16(27)23-15-7-5-13(6-8-15)14-4-3-9-21-10-14;1-24-18-17(19(28)25(2)20(24)29)26(12-22-18)11-16(27)23-14-8-6-13(7-9-14)15-5-3-4-10-21-15/h4-11,13H,12H2,1-3H3,(H,24,28);2*4-11,13H,12H2,1-3H3,(H,24,28);2*3-10,12H,11H2,1-2H3,(H,23,27). The van der Waals surface area contributed by atoms with E-state index >= 15 is 0 Å². The lowest BCUT2D eigenvalue weighted by Crippen LogP contribution is -2.37. The smallest absolute Gasteiger partial charge is 0.332 e. The number of carbonyl (C=O) groups excluding carboxylic acids is 5. The molecule has 43 nitrogen and oxygen atoms in total. The molecule has 0 aliphatic rings. The number of imidazole rings is 5. The second-order valence-electron chi connectivity index (χ2n) is 34.7. The second kappa shape index (κ2) is 43.8. The third kappa shape index (κ3) is 21.8. The summed E-state index contributed by atoms with van der Waals surface area (Å²) < 4.78 is 24.0. The number of hydrogen-bond acceptors (Lipinski definition) is 23. The number of ether oxygens (including phenoxy) is 1. The van der Waals surface area contributed by atoms with Crippen molar-refractivity contribution in [1.29, 1.82) is 0 Å². The Kier molecular flexibility index (Phi) is 30.0. The first kappa shape index (κ1) is 102. The van der Waals surface area contributed by atoms with Gasteiger partial charge in [0.1, 0.15) is 38.5 Å². The highest BCUT2D eigenvalue weighted by molar-refractivity contribution is 5.96. The van der Waals surface area contributed by atoms with Crippen LogP contribution in [0.25, 0.3) is 112 Å². The molecule has 12 aromatic heterocycles. The van der Waals surface area contributed by atoms with Crippen molar-refractivity contribution in [3.8, 4) is 61.5 Å². The number of benzene rings is 8. The molecule has 0 radical (unpaired) electrons. The number of pyridine rings is 2. The molecule has 12 heterocycles. The zero-order chi connectivity index (χ0) is 106. The van der Waals surface area contributed by atoms with Gasteiger partial charge in [0.2, 0.25) is 29.5 Å². The fraction of sp³-hybridized carbons (Fsp3) is 0.170. The van der Waals surface area contributed by atoms with Gasteiger partial charge >= 0.3 is 28.4 Å². The molecule has 5 amide bonds. The minimum absolute atomic E-state index is 0.0937. The number of aromatic nitrogens is 22. The van der Waals surface area contributed by atoms with Crippen LogP contribution in [0.5, 0.6) is 5.75 Å². The molecular formula is C106H99N27O16. The van der Waals surface area contributed by atoms with Crippen molar-refractivity contribution in [2.45, 2.75) is 46.6 Å². The number of nitrogens with one attached hydrogen (secondary N) is 5. The number of fused-ring (bicyclic) bond motifs is 5. The molecule has 43 heteroatoms. The summed E-state index contributed by atoms with van der Waals surface area (Å²) in [6, 6.07) is 70.7. The maximum Gasteiger partial charge on any atom is 0.332 e. The van der Waals surface area contributed by atoms with Crippen LogP contribution < -0.4 is 87.6 Å². The predicted molar refractivity (Wildman–Crippen MR) is 565 cm³/mol. The van der Waals surface area contributed by atoms with E-state index in [4.69, 9.17) is 4.74 Å². The second-order valence-corrected chi connectivity index (χ2v) is 34.7. The molecule has 0 unspecified atom stereocenters. The summed E-state index contributed by atoms with van der Waals surface area (Å²) in [5.74, 6) is -0.773. The molecule has 0 aliphatic heterocycles. The Morgan fingerprint density at radius 2 is 0.557 bits per heavy atom. The third-order valence-corrected chi connectivity index (χ3v) is 24.7. The third-order valence-electron chi connectivity index (χ3n) is 24.7. The molecule has 0 fully saturated rings. The minimum Gasteiger partial charge on any atom is -0.496 e. The number of nitrogens with zero attached hydrogens (tertiary/aromatic N) is 22. The van der Waals surface area contributed by atoms with Crippen LogP contribution >= 0.6 is 0 Å². The average Bonchev–Trinajstić information content (AvgIpc) is 1.65. The summed E-state index contributed by atoms with van der Waals surface area (Å²) in [5, 5.41) is 14.1. The van der Waals surface area contributed by atoms with Crippen LogP contribution in [0.15, 0.2) is 323 Å². The quantitative estimate of drug-likeness (QED) is 0.0453. The largest absolute Gasteiger partial charge is 0.496 e. The lowest BCUT2D eigenvalue weighted by Gasteiger charge is -2.10. The lowest BCUT2D eigenvalue weighted by atomic mass is 10.0. The van der Waals surface area contributed by atoms with Crippen LogP contribution in [-0.4, -0.2) is 140 Å². The number of hydrogen-bond donors (Lipinski definition) is 5. The topological polar surface area (TPSA) is 490 Å². The van der Waals surface area contributed by atoms with Gasteiger partial charge in [0, 0.05) is 129 Å². The summed E-state index contributed by atoms with van der Waals surface area (Å²) in [6.07, 6.45) is 12.1.